The van der Waals surface area contributed by atoms with Crippen molar-refractivity contribution in [3.8, 4) is 0 Å². The van der Waals surface area contributed by atoms with E-state index in [1.54, 1.807) is 0 Å². The fourth-order valence-corrected chi connectivity index (χ4v) is 3.39. The number of ether oxygens (including phenoxy) is 2. The number of pyridine rings is 1. The fourth-order valence-electron chi connectivity index (χ4n) is 3.39. The minimum atomic E-state index is -0.814. The second-order valence-electron chi connectivity index (χ2n) is 7.14. The van der Waals surface area contributed by atoms with E-state index in [0.717, 1.165) is 24.5 Å². The van der Waals surface area contributed by atoms with Crippen LogP contribution in [0.5, 0.6) is 0 Å². The molecule has 9 heteroatoms. The zero-order valence-corrected chi connectivity index (χ0v) is 17.5. The van der Waals surface area contributed by atoms with Gasteiger partial charge in [-0.25, -0.2) is 4.98 Å². The predicted octanol–water partition coefficient (Wildman–Crippen LogP) is 1.66. The van der Waals surface area contributed by atoms with Crippen LogP contribution in [-0.4, -0.2) is 54.9 Å². The minimum Gasteiger partial charge on any atom is -0.381 e. The summed E-state index contributed by atoms with van der Waals surface area (Å²) in [6.45, 7) is 7.34. The molecule has 154 valence electrons. The smallest absolute Gasteiger partial charge is 0.240 e. The van der Waals surface area contributed by atoms with E-state index in [1.165, 1.54) is 0 Å². The lowest BCUT2D eigenvalue weighted by atomic mass is 9.90. The Morgan fingerprint density at radius 2 is 1.89 bits per heavy atom. The van der Waals surface area contributed by atoms with Crippen molar-refractivity contribution < 1.29 is 14.3 Å². The number of carbonyl (C=O) groups is 1. The number of aromatic nitrogens is 1. The van der Waals surface area contributed by atoms with Gasteiger partial charge in [0.2, 0.25) is 5.91 Å². The second kappa shape index (κ2) is 10.4. The molecule has 0 saturated carbocycles. The maximum atomic E-state index is 12.3. The van der Waals surface area contributed by atoms with Crippen LogP contribution in [0.25, 0.3) is 0 Å². The van der Waals surface area contributed by atoms with E-state index in [1.807, 2.05) is 18.3 Å². The highest BCUT2D eigenvalue weighted by Crippen LogP contribution is 2.19. The van der Waals surface area contributed by atoms with Crippen molar-refractivity contribution in [1.29, 1.82) is 0 Å². The molecule has 0 aromatic carbocycles. The van der Waals surface area contributed by atoms with E-state index in [0.29, 0.717) is 32.6 Å². The third kappa shape index (κ3) is 6.19. The summed E-state index contributed by atoms with van der Waals surface area (Å²) in [6, 6.07) is 4.00. The molecule has 2 aliphatic heterocycles. The predicted molar refractivity (Wildman–Crippen MR) is 110 cm³/mol. The summed E-state index contributed by atoms with van der Waals surface area (Å²) in [4.78, 5) is 19.1. The third-order valence-electron chi connectivity index (χ3n) is 4.84. The Morgan fingerprint density at radius 1 is 1.26 bits per heavy atom. The average Bonchev–Trinajstić information content (AvgIpc) is 2.60. The molecule has 2 saturated heterocycles. The van der Waals surface area contributed by atoms with Gasteiger partial charge in [-0.3, -0.25) is 4.79 Å². The molecule has 3 N–H and O–H groups in total. The van der Waals surface area contributed by atoms with Crippen LogP contribution < -0.4 is 16.0 Å². The molecule has 1 amide bonds. The number of rotatable bonds is 4. The largest absolute Gasteiger partial charge is 0.381 e. The number of morpholine rings is 1. The SMILES string of the molecule is CC1CN(c2ccc(CNC(=O)C3(N)CCOCC3)cn2)CC(C)O1.Cl.Cl. The molecular formula is C18H30Cl2N4O3. The first-order valence-corrected chi connectivity index (χ1v) is 8.96. The standard InChI is InChI=1S/C18H28N4O3.2ClH/c1-13-11-22(12-14(2)25-13)16-4-3-15(9-20-16)10-21-17(23)18(19)5-7-24-8-6-18;;/h3-4,9,13-14H,5-8,10-12,19H2,1-2H3,(H,21,23);2*1H. The first-order valence-electron chi connectivity index (χ1n) is 8.96. The van der Waals surface area contributed by atoms with Crippen molar-refractivity contribution in [3.05, 3.63) is 23.9 Å². The van der Waals surface area contributed by atoms with Gasteiger partial charge in [0.25, 0.3) is 0 Å². The third-order valence-corrected chi connectivity index (χ3v) is 4.84. The highest BCUT2D eigenvalue weighted by molar-refractivity contribution is 5.86. The van der Waals surface area contributed by atoms with Crippen molar-refractivity contribution in [1.82, 2.24) is 10.3 Å². The quantitative estimate of drug-likeness (QED) is 0.769. The van der Waals surface area contributed by atoms with Gasteiger partial charge in [0.15, 0.2) is 0 Å². The molecule has 3 heterocycles. The van der Waals surface area contributed by atoms with Crippen LogP contribution in [0.2, 0.25) is 0 Å². The van der Waals surface area contributed by atoms with Gasteiger partial charge in [-0.2, -0.15) is 0 Å². The molecule has 0 aliphatic carbocycles. The fraction of sp³-hybridized carbons (Fsp3) is 0.667. The number of anilines is 1. The molecule has 1 aromatic heterocycles. The van der Waals surface area contributed by atoms with Crippen molar-refractivity contribution in [3.63, 3.8) is 0 Å². The summed E-state index contributed by atoms with van der Waals surface area (Å²) >= 11 is 0. The van der Waals surface area contributed by atoms with Gasteiger partial charge in [-0.15, -0.1) is 24.8 Å². The number of amides is 1. The Labute approximate surface area is 173 Å². The van der Waals surface area contributed by atoms with Crippen molar-refractivity contribution in [2.24, 2.45) is 5.73 Å². The molecule has 2 unspecified atom stereocenters. The Morgan fingerprint density at radius 3 is 2.44 bits per heavy atom. The van der Waals surface area contributed by atoms with Crippen LogP contribution in [-0.2, 0) is 20.8 Å². The van der Waals surface area contributed by atoms with Gasteiger partial charge in [-0.1, -0.05) is 6.07 Å². The molecule has 0 spiro atoms. The summed E-state index contributed by atoms with van der Waals surface area (Å²) in [5.41, 5.74) is 6.33. The van der Waals surface area contributed by atoms with Crippen molar-refractivity contribution in [2.45, 2.75) is 51.0 Å². The lowest BCUT2D eigenvalue weighted by molar-refractivity contribution is -0.129. The summed E-state index contributed by atoms with van der Waals surface area (Å²) < 4.78 is 11.0. The Bertz CT molecular complexity index is 587. The number of nitrogens with zero attached hydrogens (tertiary/aromatic N) is 2. The molecule has 2 fully saturated rings. The monoisotopic (exact) mass is 420 g/mol. The average molecular weight is 421 g/mol. The van der Waals surface area contributed by atoms with Crippen LogP contribution in [0.15, 0.2) is 18.3 Å². The number of hydrogen-bond donors (Lipinski definition) is 2. The normalized spacial score (nSPS) is 24.3. The highest BCUT2D eigenvalue weighted by Gasteiger charge is 2.35. The molecule has 2 atom stereocenters. The van der Waals surface area contributed by atoms with Crippen molar-refractivity contribution >= 4 is 36.5 Å². The van der Waals surface area contributed by atoms with Crippen LogP contribution in [0.4, 0.5) is 5.82 Å². The zero-order chi connectivity index (χ0) is 17.9. The Kier molecular flexibility index (Phi) is 9.24. The lowest BCUT2D eigenvalue weighted by Gasteiger charge is -2.36. The van der Waals surface area contributed by atoms with Gasteiger partial charge >= 0.3 is 0 Å². The summed E-state index contributed by atoms with van der Waals surface area (Å²) in [6.07, 6.45) is 3.33. The van der Waals surface area contributed by atoms with Gasteiger partial charge in [0.1, 0.15) is 5.82 Å². The zero-order valence-electron chi connectivity index (χ0n) is 15.8. The summed E-state index contributed by atoms with van der Waals surface area (Å²) in [7, 11) is 0. The van der Waals surface area contributed by atoms with Crippen LogP contribution >= 0.6 is 24.8 Å². The lowest BCUT2D eigenvalue weighted by Crippen LogP contribution is -2.56. The number of carbonyl (C=O) groups excluding carboxylic acids is 1. The first-order chi connectivity index (χ1) is 12.0. The summed E-state index contributed by atoms with van der Waals surface area (Å²) in [5, 5.41) is 2.93. The van der Waals surface area contributed by atoms with Crippen LogP contribution in [0.1, 0.15) is 32.3 Å². The number of halogens is 2. The van der Waals surface area contributed by atoms with E-state index in [2.05, 4.69) is 29.0 Å². The van der Waals surface area contributed by atoms with E-state index < -0.39 is 5.54 Å². The molecule has 0 bridgehead atoms. The molecule has 0 radical (unpaired) electrons. The van der Waals surface area contributed by atoms with Gasteiger partial charge in [0, 0.05) is 39.0 Å². The van der Waals surface area contributed by atoms with Crippen molar-refractivity contribution in [2.75, 3.05) is 31.2 Å². The topological polar surface area (TPSA) is 89.7 Å². The number of nitrogens with two attached hydrogens (primary N) is 1. The number of nitrogens with one attached hydrogen (secondary N) is 1. The maximum Gasteiger partial charge on any atom is 0.240 e. The molecule has 7 nitrogen and oxygen atoms in total. The van der Waals surface area contributed by atoms with E-state index in [-0.39, 0.29) is 42.9 Å². The number of hydrogen-bond acceptors (Lipinski definition) is 6. The molecule has 3 rings (SSSR count). The maximum absolute atomic E-state index is 12.3. The first kappa shape index (κ1) is 23.9. The van der Waals surface area contributed by atoms with E-state index in [9.17, 15) is 4.79 Å². The Hall–Kier alpha value is -1.12. The second-order valence-corrected chi connectivity index (χ2v) is 7.14. The highest BCUT2D eigenvalue weighted by atomic mass is 35.5. The minimum absolute atomic E-state index is 0. The Balaban J connectivity index is 0.00000182. The molecule has 27 heavy (non-hydrogen) atoms. The van der Waals surface area contributed by atoms with Gasteiger partial charge in [-0.05, 0) is 38.3 Å². The molecule has 1 aromatic rings. The van der Waals surface area contributed by atoms with Gasteiger partial charge < -0.3 is 25.4 Å². The van der Waals surface area contributed by atoms with Crippen LogP contribution in [0.3, 0.4) is 0 Å². The van der Waals surface area contributed by atoms with Gasteiger partial charge in [0.05, 0.1) is 17.7 Å². The van der Waals surface area contributed by atoms with E-state index in [4.69, 9.17) is 15.2 Å². The van der Waals surface area contributed by atoms with Crippen LogP contribution in [0, 0.1) is 0 Å². The molecular weight excluding hydrogens is 391 g/mol. The summed E-state index contributed by atoms with van der Waals surface area (Å²) in [5.74, 6) is 0.826. The molecule has 2 aliphatic rings. The van der Waals surface area contributed by atoms with E-state index >= 15 is 0 Å².